The summed E-state index contributed by atoms with van der Waals surface area (Å²) in [6, 6.07) is 11.3. The number of aliphatic hydroxyl groups is 2. The molecule has 2 aromatic rings. The van der Waals surface area contributed by atoms with E-state index in [2.05, 4.69) is 10.2 Å². The average molecular weight is 344 g/mol. The first kappa shape index (κ1) is 18.5. The minimum absolute atomic E-state index is 0.000719. The lowest BCUT2D eigenvalue weighted by atomic mass is 10.1. The Morgan fingerprint density at radius 2 is 1.68 bits per heavy atom. The van der Waals surface area contributed by atoms with Crippen molar-refractivity contribution >= 4 is 22.7 Å². The maximum atomic E-state index is 10.7. The highest BCUT2D eigenvalue weighted by molar-refractivity contribution is 5.63. The van der Waals surface area contributed by atoms with Gasteiger partial charge in [-0.05, 0) is 36.8 Å². The van der Waals surface area contributed by atoms with Gasteiger partial charge in [-0.15, -0.1) is 0 Å². The van der Waals surface area contributed by atoms with Crippen LogP contribution in [-0.4, -0.2) is 41.4 Å². The fraction of sp³-hybridized carbons (Fsp3) is 0.294. The maximum Gasteiger partial charge on any atom is 0.269 e. The van der Waals surface area contributed by atoms with E-state index in [0.717, 1.165) is 11.3 Å². The standard InChI is InChI=1S/C17H20N4O4/c1-13-16(3-2-4-17(13)20(9-11-22)10-12-23)19-18-14-5-7-15(8-6-14)21(24)25/h2-8,22-23H,9-12H2,1H3. The van der Waals surface area contributed by atoms with E-state index < -0.39 is 4.92 Å². The Morgan fingerprint density at radius 3 is 2.24 bits per heavy atom. The second-order valence-electron chi connectivity index (χ2n) is 5.33. The van der Waals surface area contributed by atoms with Crippen LogP contribution in [0.2, 0.25) is 0 Å². The van der Waals surface area contributed by atoms with Crippen molar-refractivity contribution in [1.29, 1.82) is 0 Å². The number of hydrogen-bond acceptors (Lipinski definition) is 7. The van der Waals surface area contributed by atoms with Gasteiger partial charge < -0.3 is 15.1 Å². The van der Waals surface area contributed by atoms with Crippen molar-refractivity contribution in [2.24, 2.45) is 10.2 Å². The van der Waals surface area contributed by atoms with Crippen molar-refractivity contribution in [3.8, 4) is 0 Å². The number of benzene rings is 2. The molecule has 0 aliphatic carbocycles. The molecule has 0 saturated heterocycles. The zero-order valence-electron chi connectivity index (χ0n) is 13.9. The van der Waals surface area contributed by atoms with E-state index in [4.69, 9.17) is 0 Å². The molecule has 0 bridgehead atoms. The summed E-state index contributed by atoms with van der Waals surface area (Å²) in [5.74, 6) is 0. The number of non-ortho nitro benzene ring substituents is 1. The van der Waals surface area contributed by atoms with Crippen LogP contribution in [-0.2, 0) is 0 Å². The third-order valence-corrected chi connectivity index (χ3v) is 3.69. The highest BCUT2D eigenvalue weighted by atomic mass is 16.6. The van der Waals surface area contributed by atoms with E-state index in [0.29, 0.717) is 24.5 Å². The quantitative estimate of drug-likeness (QED) is 0.434. The second kappa shape index (κ2) is 8.86. The molecular formula is C17H20N4O4. The Labute approximate surface area is 145 Å². The number of nitro groups is 1. The van der Waals surface area contributed by atoms with E-state index in [9.17, 15) is 20.3 Å². The predicted octanol–water partition coefficient (Wildman–Crippen LogP) is 3.11. The van der Waals surface area contributed by atoms with Crippen LogP contribution in [0.3, 0.4) is 0 Å². The highest BCUT2D eigenvalue weighted by Crippen LogP contribution is 2.30. The van der Waals surface area contributed by atoms with Crippen molar-refractivity contribution < 1.29 is 15.1 Å². The molecule has 2 aromatic carbocycles. The van der Waals surface area contributed by atoms with Crippen LogP contribution in [0.25, 0.3) is 0 Å². The summed E-state index contributed by atoms with van der Waals surface area (Å²) in [5.41, 5.74) is 2.90. The van der Waals surface area contributed by atoms with Gasteiger partial charge in [0.25, 0.3) is 5.69 Å². The molecule has 0 atom stereocenters. The molecule has 0 amide bonds. The second-order valence-corrected chi connectivity index (χ2v) is 5.33. The molecule has 2 N–H and O–H groups in total. The largest absolute Gasteiger partial charge is 0.395 e. The van der Waals surface area contributed by atoms with Gasteiger partial charge in [-0.25, -0.2) is 0 Å². The summed E-state index contributed by atoms with van der Waals surface area (Å²) < 4.78 is 0. The molecule has 0 aliphatic heterocycles. The van der Waals surface area contributed by atoms with Gasteiger partial charge in [0.2, 0.25) is 0 Å². The van der Waals surface area contributed by atoms with Crippen LogP contribution in [0.15, 0.2) is 52.7 Å². The van der Waals surface area contributed by atoms with Crippen molar-refractivity contribution in [1.82, 2.24) is 0 Å². The molecule has 0 heterocycles. The van der Waals surface area contributed by atoms with E-state index >= 15 is 0 Å². The summed E-state index contributed by atoms with van der Waals surface area (Å²) in [6.45, 7) is 2.66. The summed E-state index contributed by atoms with van der Waals surface area (Å²) in [6.07, 6.45) is 0. The molecule has 0 radical (unpaired) electrons. The number of hydrogen-bond donors (Lipinski definition) is 2. The van der Waals surface area contributed by atoms with Crippen molar-refractivity contribution in [2.45, 2.75) is 6.92 Å². The SMILES string of the molecule is Cc1c(N=Nc2ccc([N+](=O)[O-])cc2)cccc1N(CCO)CCO. The molecule has 8 nitrogen and oxygen atoms in total. The molecule has 0 saturated carbocycles. The van der Waals surface area contributed by atoms with Crippen molar-refractivity contribution in [2.75, 3.05) is 31.2 Å². The van der Waals surface area contributed by atoms with E-state index in [1.807, 2.05) is 30.0 Å². The van der Waals surface area contributed by atoms with Gasteiger partial charge in [0.05, 0.1) is 29.5 Å². The monoisotopic (exact) mass is 344 g/mol. The average Bonchev–Trinajstić information content (AvgIpc) is 2.61. The van der Waals surface area contributed by atoms with Crippen molar-refractivity contribution in [3.05, 3.63) is 58.1 Å². The lowest BCUT2D eigenvalue weighted by Crippen LogP contribution is -2.30. The lowest BCUT2D eigenvalue weighted by molar-refractivity contribution is -0.384. The van der Waals surface area contributed by atoms with Crippen LogP contribution in [0.5, 0.6) is 0 Å². The summed E-state index contributed by atoms with van der Waals surface area (Å²) in [4.78, 5) is 12.1. The molecule has 0 spiro atoms. The smallest absolute Gasteiger partial charge is 0.269 e. The Morgan fingerprint density at radius 1 is 1.04 bits per heavy atom. The fourth-order valence-electron chi connectivity index (χ4n) is 2.41. The minimum atomic E-state index is -0.467. The molecule has 0 aliphatic rings. The van der Waals surface area contributed by atoms with Crippen molar-refractivity contribution in [3.63, 3.8) is 0 Å². The lowest BCUT2D eigenvalue weighted by Gasteiger charge is -2.25. The molecule has 0 aromatic heterocycles. The van der Waals surface area contributed by atoms with Gasteiger partial charge in [-0.2, -0.15) is 10.2 Å². The number of nitrogens with zero attached hydrogens (tertiary/aromatic N) is 4. The molecule has 132 valence electrons. The Hall–Kier alpha value is -2.84. The van der Waals surface area contributed by atoms with E-state index in [-0.39, 0.29) is 18.9 Å². The number of azo groups is 1. The van der Waals surface area contributed by atoms with Crippen LogP contribution < -0.4 is 4.90 Å². The van der Waals surface area contributed by atoms with Gasteiger partial charge >= 0.3 is 0 Å². The molecule has 25 heavy (non-hydrogen) atoms. The molecule has 0 fully saturated rings. The Bertz CT molecular complexity index is 741. The number of rotatable bonds is 8. The molecule has 8 heteroatoms. The van der Waals surface area contributed by atoms with Gasteiger partial charge in [0.15, 0.2) is 0 Å². The summed E-state index contributed by atoms with van der Waals surface area (Å²) >= 11 is 0. The fourth-order valence-corrected chi connectivity index (χ4v) is 2.41. The first-order valence-electron chi connectivity index (χ1n) is 7.79. The summed E-state index contributed by atoms with van der Waals surface area (Å²) in [5, 5.41) is 37.4. The Balaban J connectivity index is 2.24. The topological polar surface area (TPSA) is 112 Å². The molecular weight excluding hydrogens is 324 g/mol. The zero-order valence-corrected chi connectivity index (χ0v) is 13.9. The number of anilines is 1. The first-order chi connectivity index (χ1) is 12.1. The van der Waals surface area contributed by atoms with E-state index in [1.165, 1.54) is 24.3 Å². The van der Waals surface area contributed by atoms with Crippen LogP contribution >= 0.6 is 0 Å². The van der Waals surface area contributed by atoms with E-state index in [1.54, 1.807) is 0 Å². The third kappa shape index (κ3) is 4.82. The van der Waals surface area contributed by atoms with Gasteiger partial charge in [0.1, 0.15) is 0 Å². The maximum absolute atomic E-state index is 10.7. The van der Waals surface area contributed by atoms with Crippen LogP contribution in [0.4, 0.5) is 22.7 Å². The van der Waals surface area contributed by atoms with Crippen LogP contribution in [0, 0.1) is 17.0 Å². The number of nitro benzene ring substituents is 1. The van der Waals surface area contributed by atoms with Gasteiger partial charge in [-0.3, -0.25) is 10.1 Å². The van der Waals surface area contributed by atoms with Gasteiger partial charge in [0, 0.05) is 30.9 Å². The minimum Gasteiger partial charge on any atom is -0.395 e. The number of aliphatic hydroxyl groups excluding tert-OH is 2. The molecule has 0 unspecified atom stereocenters. The van der Waals surface area contributed by atoms with Crippen LogP contribution in [0.1, 0.15) is 5.56 Å². The first-order valence-corrected chi connectivity index (χ1v) is 7.79. The third-order valence-electron chi connectivity index (χ3n) is 3.69. The summed E-state index contributed by atoms with van der Waals surface area (Å²) in [7, 11) is 0. The normalized spacial score (nSPS) is 11.0. The predicted molar refractivity (Wildman–Crippen MR) is 94.8 cm³/mol. The zero-order chi connectivity index (χ0) is 18.2. The Kier molecular flexibility index (Phi) is 6.55. The molecule has 2 rings (SSSR count). The van der Waals surface area contributed by atoms with Gasteiger partial charge in [-0.1, -0.05) is 6.07 Å². The highest BCUT2D eigenvalue weighted by Gasteiger charge is 2.11.